The Morgan fingerprint density at radius 1 is 1.24 bits per heavy atom. The first-order valence-electron chi connectivity index (χ1n) is 6.60. The van der Waals surface area contributed by atoms with Crippen molar-refractivity contribution in [2.45, 2.75) is 13.3 Å². The largest absolute Gasteiger partial charge is 0.362 e. The fourth-order valence-electron chi connectivity index (χ4n) is 1.92. The molecule has 0 radical (unpaired) electrons. The Hall–Kier alpha value is -1.65. The van der Waals surface area contributed by atoms with Crippen molar-refractivity contribution < 1.29 is 4.39 Å². The van der Waals surface area contributed by atoms with Crippen molar-refractivity contribution in [1.29, 1.82) is 0 Å². The molecular formula is C16H16ClFN2S. The molecule has 0 saturated heterocycles. The summed E-state index contributed by atoms with van der Waals surface area (Å²) in [5, 5.41) is 7.43. The topological polar surface area (TPSA) is 24.1 Å². The zero-order valence-corrected chi connectivity index (χ0v) is 13.2. The maximum atomic E-state index is 13.1. The Morgan fingerprint density at radius 2 is 2.00 bits per heavy atom. The quantitative estimate of drug-likeness (QED) is 0.820. The number of benzene rings is 2. The van der Waals surface area contributed by atoms with Gasteiger partial charge in [-0.05, 0) is 61.0 Å². The molecule has 0 amide bonds. The minimum atomic E-state index is -0.220. The number of nitrogens with one attached hydrogen (secondary N) is 2. The van der Waals surface area contributed by atoms with Gasteiger partial charge in [-0.2, -0.15) is 0 Å². The van der Waals surface area contributed by atoms with Crippen molar-refractivity contribution in [3.05, 3.63) is 64.4 Å². The van der Waals surface area contributed by atoms with Crippen LogP contribution in [0.4, 0.5) is 10.1 Å². The molecule has 0 saturated carbocycles. The molecule has 0 aliphatic rings. The van der Waals surface area contributed by atoms with Gasteiger partial charge < -0.3 is 10.6 Å². The SMILES string of the molecule is Cc1c(Cl)cccc1NC(=S)NCCc1cccc(F)c1. The normalized spacial score (nSPS) is 10.2. The molecule has 0 fully saturated rings. The molecule has 0 atom stereocenters. The van der Waals surface area contributed by atoms with E-state index in [1.54, 1.807) is 6.07 Å². The summed E-state index contributed by atoms with van der Waals surface area (Å²) in [6.07, 6.45) is 0.702. The van der Waals surface area contributed by atoms with Crippen molar-refractivity contribution >= 4 is 34.6 Å². The van der Waals surface area contributed by atoms with E-state index in [1.165, 1.54) is 12.1 Å². The van der Waals surface area contributed by atoms with E-state index in [0.717, 1.165) is 16.8 Å². The summed E-state index contributed by atoms with van der Waals surface area (Å²) in [6.45, 7) is 2.56. The Bertz CT molecular complexity index is 646. The van der Waals surface area contributed by atoms with E-state index >= 15 is 0 Å². The summed E-state index contributed by atoms with van der Waals surface area (Å²) in [7, 11) is 0. The van der Waals surface area contributed by atoms with Gasteiger partial charge in [-0.25, -0.2) is 4.39 Å². The molecule has 0 aliphatic heterocycles. The molecule has 5 heteroatoms. The van der Waals surface area contributed by atoms with Crippen LogP contribution in [0.2, 0.25) is 5.02 Å². The summed E-state index contributed by atoms with van der Waals surface area (Å²) in [6, 6.07) is 12.2. The lowest BCUT2D eigenvalue weighted by atomic mass is 10.1. The molecule has 0 unspecified atom stereocenters. The minimum Gasteiger partial charge on any atom is -0.362 e. The van der Waals surface area contributed by atoms with E-state index in [1.807, 2.05) is 31.2 Å². The van der Waals surface area contributed by atoms with Gasteiger partial charge in [-0.1, -0.05) is 29.8 Å². The molecule has 2 N–H and O–H groups in total. The fraction of sp³-hybridized carbons (Fsp3) is 0.188. The van der Waals surface area contributed by atoms with Crippen molar-refractivity contribution in [1.82, 2.24) is 5.32 Å². The minimum absolute atomic E-state index is 0.220. The van der Waals surface area contributed by atoms with Crippen molar-refractivity contribution in [3.63, 3.8) is 0 Å². The second-order valence-electron chi connectivity index (χ2n) is 4.67. The third-order valence-corrected chi connectivity index (χ3v) is 3.76. The molecule has 0 heterocycles. The van der Waals surface area contributed by atoms with Crippen LogP contribution in [-0.4, -0.2) is 11.7 Å². The molecule has 2 aromatic rings. The number of hydrogen-bond acceptors (Lipinski definition) is 1. The van der Waals surface area contributed by atoms with Crippen molar-refractivity contribution in [2.24, 2.45) is 0 Å². The molecule has 0 spiro atoms. The van der Waals surface area contributed by atoms with Gasteiger partial charge >= 0.3 is 0 Å². The molecule has 2 nitrogen and oxygen atoms in total. The third kappa shape index (κ3) is 4.69. The van der Waals surface area contributed by atoms with Gasteiger partial charge in [0.2, 0.25) is 0 Å². The first-order valence-corrected chi connectivity index (χ1v) is 7.39. The Kier molecular flexibility index (Phi) is 5.53. The van der Waals surface area contributed by atoms with Crippen LogP contribution in [0.1, 0.15) is 11.1 Å². The van der Waals surface area contributed by atoms with Crippen LogP contribution in [0.3, 0.4) is 0 Å². The summed E-state index contributed by atoms with van der Waals surface area (Å²) in [5.41, 5.74) is 2.77. The molecule has 0 aromatic heterocycles. The van der Waals surface area contributed by atoms with Gasteiger partial charge in [0.05, 0.1) is 0 Å². The van der Waals surface area contributed by atoms with E-state index in [-0.39, 0.29) is 5.82 Å². The lowest BCUT2D eigenvalue weighted by Gasteiger charge is -2.13. The van der Waals surface area contributed by atoms with Gasteiger partial charge in [0.25, 0.3) is 0 Å². The lowest BCUT2D eigenvalue weighted by molar-refractivity contribution is 0.625. The second kappa shape index (κ2) is 7.38. The maximum absolute atomic E-state index is 13.1. The zero-order valence-electron chi connectivity index (χ0n) is 11.6. The fourth-order valence-corrected chi connectivity index (χ4v) is 2.31. The number of hydrogen-bond donors (Lipinski definition) is 2. The molecule has 21 heavy (non-hydrogen) atoms. The Labute approximate surface area is 134 Å². The molecule has 2 rings (SSSR count). The molecule has 110 valence electrons. The molecular weight excluding hydrogens is 307 g/mol. The highest BCUT2D eigenvalue weighted by molar-refractivity contribution is 7.80. The van der Waals surface area contributed by atoms with E-state index in [2.05, 4.69) is 10.6 Å². The van der Waals surface area contributed by atoms with Gasteiger partial charge in [0, 0.05) is 17.3 Å². The van der Waals surface area contributed by atoms with Crippen LogP contribution in [0.25, 0.3) is 0 Å². The molecule has 0 bridgehead atoms. The predicted molar refractivity (Wildman–Crippen MR) is 90.5 cm³/mol. The smallest absolute Gasteiger partial charge is 0.170 e. The predicted octanol–water partition coefficient (Wildman–Crippen LogP) is 4.32. The third-order valence-electron chi connectivity index (χ3n) is 3.10. The highest BCUT2D eigenvalue weighted by atomic mass is 35.5. The highest BCUT2D eigenvalue weighted by Gasteiger charge is 2.04. The maximum Gasteiger partial charge on any atom is 0.170 e. The van der Waals surface area contributed by atoms with Crippen LogP contribution in [0.5, 0.6) is 0 Å². The lowest BCUT2D eigenvalue weighted by Crippen LogP contribution is -2.30. The van der Waals surface area contributed by atoms with Gasteiger partial charge in [-0.3, -0.25) is 0 Å². The van der Waals surface area contributed by atoms with Gasteiger partial charge in [-0.15, -0.1) is 0 Å². The molecule has 0 aliphatic carbocycles. The standard InChI is InChI=1S/C16H16ClFN2S/c1-11-14(17)6-3-7-15(11)20-16(21)19-9-8-12-4-2-5-13(18)10-12/h2-7,10H,8-9H2,1H3,(H2,19,20,21). The van der Waals surface area contributed by atoms with E-state index in [4.69, 9.17) is 23.8 Å². The van der Waals surface area contributed by atoms with Crippen LogP contribution in [-0.2, 0) is 6.42 Å². The van der Waals surface area contributed by atoms with E-state index in [0.29, 0.717) is 23.1 Å². The van der Waals surface area contributed by atoms with Crippen molar-refractivity contribution in [2.75, 3.05) is 11.9 Å². The average molecular weight is 323 g/mol. The first-order chi connectivity index (χ1) is 10.1. The zero-order chi connectivity index (χ0) is 15.2. The average Bonchev–Trinajstić information content (AvgIpc) is 2.44. The Morgan fingerprint density at radius 3 is 2.76 bits per heavy atom. The van der Waals surface area contributed by atoms with Gasteiger partial charge in [0.15, 0.2) is 5.11 Å². The number of rotatable bonds is 4. The number of halogens is 2. The van der Waals surface area contributed by atoms with Gasteiger partial charge in [0.1, 0.15) is 5.82 Å². The first kappa shape index (κ1) is 15.7. The second-order valence-corrected chi connectivity index (χ2v) is 5.49. The van der Waals surface area contributed by atoms with E-state index < -0.39 is 0 Å². The number of anilines is 1. The number of thiocarbonyl (C=S) groups is 1. The summed E-state index contributed by atoms with van der Waals surface area (Å²) in [4.78, 5) is 0. The van der Waals surface area contributed by atoms with Crippen LogP contribution >= 0.6 is 23.8 Å². The van der Waals surface area contributed by atoms with E-state index in [9.17, 15) is 4.39 Å². The van der Waals surface area contributed by atoms with Crippen LogP contribution in [0.15, 0.2) is 42.5 Å². The Balaban J connectivity index is 1.84. The monoisotopic (exact) mass is 322 g/mol. The summed E-state index contributed by atoms with van der Waals surface area (Å²) in [5.74, 6) is -0.220. The van der Waals surface area contributed by atoms with Crippen molar-refractivity contribution in [3.8, 4) is 0 Å². The molecule has 2 aromatic carbocycles. The highest BCUT2D eigenvalue weighted by Crippen LogP contribution is 2.22. The summed E-state index contributed by atoms with van der Waals surface area (Å²) < 4.78 is 13.1. The van der Waals surface area contributed by atoms with Crippen LogP contribution in [0, 0.1) is 12.7 Å². The van der Waals surface area contributed by atoms with Crippen LogP contribution < -0.4 is 10.6 Å². The summed E-state index contributed by atoms with van der Waals surface area (Å²) >= 11 is 11.3.